The molecule has 2 aliphatic rings. The van der Waals surface area contributed by atoms with Gasteiger partial charge >= 0.3 is 0 Å². The average molecular weight is 366 g/mol. The van der Waals surface area contributed by atoms with Gasteiger partial charge in [0.05, 0.1) is 12.3 Å². The number of carbonyl (C=O) groups is 2. The molecule has 5 nitrogen and oxygen atoms in total. The van der Waals surface area contributed by atoms with Crippen LogP contribution < -0.4 is 11.1 Å². The normalized spacial score (nSPS) is 21.2. The second-order valence-corrected chi connectivity index (χ2v) is 7.03. The predicted molar refractivity (Wildman–Crippen MR) is 100 cm³/mol. The summed E-state index contributed by atoms with van der Waals surface area (Å²) in [5.74, 6) is 0.621. The lowest BCUT2D eigenvalue weighted by atomic mass is 9.96. The van der Waals surface area contributed by atoms with E-state index in [0.29, 0.717) is 25.4 Å². The molecule has 6 heteroatoms. The Labute approximate surface area is 155 Å². The molecule has 1 heterocycles. The van der Waals surface area contributed by atoms with Crippen molar-refractivity contribution in [3.05, 3.63) is 35.9 Å². The lowest BCUT2D eigenvalue weighted by molar-refractivity contribution is -0.135. The zero-order valence-electron chi connectivity index (χ0n) is 14.5. The Morgan fingerprint density at radius 2 is 1.92 bits per heavy atom. The van der Waals surface area contributed by atoms with Crippen LogP contribution >= 0.6 is 12.4 Å². The van der Waals surface area contributed by atoms with Gasteiger partial charge in [-0.05, 0) is 37.2 Å². The van der Waals surface area contributed by atoms with E-state index in [1.54, 1.807) is 0 Å². The van der Waals surface area contributed by atoms with Gasteiger partial charge in [-0.3, -0.25) is 9.59 Å². The highest BCUT2D eigenvalue weighted by molar-refractivity contribution is 5.85. The molecule has 0 aromatic heterocycles. The molecular formula is C19H28ClN3O2. The molecule has 2 atom stereocenters. The second kappa shape index (κ2) is 9.20. The Balaban J connectivity index is 0.00000225. The largest absolute Gasteiger partial charge is 0.352 e. The van der Waals surface area contributed by atoms with Crippen LogP contribution in [0.2, 0.25) is 0 Å². The molecule has 2 unspecified atom stereocenters. The zero-order valence-corrected chi connectivity index (χ0v) is 15.3. The molecule has 1 saturated carbocycles. The summed E-state index contributed by atoms with van der Waals surface area (Å²) in [7, 11) is 0. The maximum Gasteiger partial charge on any atom is 0.227 e. The monoisotopic (exact) mass is 365 g/mol. The summed E-state index contributed by atoms with van der Waals surface area (Å²) >= 11 is 0. The number of rotatable bonds is 6. The third-order valence-corrected chi connectivity index (χ3v) is 5.12. The van der Waals surface area contributed by atoms with Crippen molar-refractivity contribution in [1.29, 1.82) is 0 Å². The number of amides is 2. The van der Waals surface area contributed by atoms with Crippen LogP contribution in [0.5, 0.6) is 0 Å². The molecule has 138 valence electrons. The van der Waals surface area contributed by atoms with E-state index in [2.05, 4.69) is 5.32 Å². The Bertz CT molecular complexity index is 577. The molecule has 1 aliphatic heterocycles. The number of halogens is 1. The maximum absolute atomic E-state index is 12.5. The second-order valence-electron chi connectivity index (χ2n) is 7.03. The van der Waals surface area contributed by atoms with Crippen molar-refractivity contribution in [3.8, 4) is 0 Å². The fourth-order valence-electron chi connectivity index (χ4n) is 3.47. The summed E-state index contributed by atoms with van der Waals surface area (Å²) in [5.41, 5.74) is 6.79. The van der Waals surface area contributed by atoms with E-state index in [-0.39, 0.29) is 36.2 Å². The highest BCUT2D eigenvalue weighted by Gasteiger charge is 2.34. The van der Waals surface area contributed by atoms with Crippen molar-refractivity contribution in [2.45, 2.75) is 38.1 Å². The first kappa shape index (κ1) is 19.7. The summed E-state index contributed by atoms with van der Waals surface area (Å²) in [4.78, 5) is 26.9. The minimum Gasteiger partial charge on any atom is -0.352 e. The fraction of sp³-hybridized carbons (Fsp3) is 0.579. The highest BCUT2D eigenvalue weighted by atomic mass is 35.5. The van der Waals surface area contributed by atoms with Gasteiger partial charge in [0, 0.05) is 25.7 Å². The van der Waals surface area contributed by atoms with Crippen molar-refractivity contribution in [2.24, 2.45) is 17.6 Å². The Morgan fingerprint density at radius 3 is 2.56 bits per heavy atom. The lowest BCUT2D eigenvalue weighted by Crippen LogP contribution is -2.50. The summed E-state index contributed by atoms with van der Waals surface area (Å²) in [6, 6.07) is 9.87. The van der Waals surface area contributed by atoms with Gasteiger partial charge in [-0.1, -0.05) is 30.3 Å². The van der Waals surface area contributed by atoms with Crippen LogP contribution in [0.15, 0.2) is 30.3 Å². The van der Waals surface area contributed by atoms with Crippen LogP contribution in [0, 0.1) is 11.8 Å². The SMILES string of the molecule is Cl.NCC(NC(=O)C1CCCN(C(=O)Cc2ccccc2)C1)C1CC1. The van der Waals surface area contributed by atoms with Gasteiger partial charge in [-0.25, -0.2) is 0 Å². The number of hydrogen-bond acceptors (Lipinski definition) is 3. The molecule has 0 radical (unpaired) electrons. The van der Waals surface area contributed by atoms with Gasteiger partial charge in [-0.15, -0.1) is 12.4 Å². The number of likely N-dealkylation sites (tertiary alicyclic amines) is 1. The Kier molecular flexibility index (Phi) is 7.26. The molecule has 3 rings (SSSR count). The smallest absolute Gasteiger partial charge is 0.227 e. The first-order valence-electron chi connectivity index (χ1n) is 8.99. The minimum absolute atomic E-state index is 0. The summed E-state index contributed by atoms with van der Waals surface area (Å²) < 4.78 is 0. The van der Waals surface area contributed by atoms with E-state index in [4.69, 9.17) is 5.73 Å². The van der Waals surface area contributed by atoms with Gasteiger partial charge in [-0.2, -0.15) is 0 Å². The van der Waals surface area contributed by atoms with Crippen LogP contribution in [0.4, 0.5) is 0 Å². The van der Waals surface area contributed by atoms with Gasteiger partial charge in [0.15, 0.2) is 0 Å². The topological polar surface area (TPSA) is 75.4 Å². The molecule has 1 aromatic carbocycles. The quantitative estimate of drug-likeness (QED) is 0.806. The number of nitrogens with two attached hydrogens (primary N) is 1. The van der Waals surface area contributed by atoms with E-state index in [9.17, 15) is 9.59 Å². The van der Waals surface area contributed by atoms with Gasteiger partial charge in [0.2, 0.25) is 11.8 Å². The van der Waals surface area contributed by atoms with Crippen molar-refractivity contribution >= 4 is 24.2 Å². The van der Waals surface area contributed by atoms with Crippen molar-refractivity contribution in [2.75, 3.05) is 19.6 Å². The first-order valence-corrected chi connectivity index (χ1v) is 8.99. The molecule has 0 bridgehead atoms. The predicted octanol–water partition coefficient (Wildman–Crippen LogP) is 1.74. The Morgan fingerprint density at radius 1 is 1.20 bits per heavy atom. The van der Waals surface area contributed by atoms with Crippen LogP contribution in [0.3, 0.4) is 0 Å². The van der Waals surface area contributed by atoms with E-state index < -0.39 is 0 Å². The van der Waals surface area contributed by atoms with Crippen LogP contribution in [0.1, 0.15) is 31.2 Å². The molecule has 0 spiro atoms. The van der Waals surface area contributed by atoms with E-state index in [0.717, 1.165) is 37.8 Å². The van der Waals surface area contributed by atoms with Crippen LogP contribution in [0.25, 0.3) is 0 Å². The number of hydrogen-bond donors (Lipinski definition) is 2. The van der Waals surface area contributed by atoms with Gasteiger partial charge < -0.3 is 16.0 Å². The standard InChI is InChI=1S/C19H27N3O2.ClH/c20-12-17(15-8-9-15)21-19(24)16-7-4-10-22(13-16)18(23)11-14-5-2-1-3-6-14;/h1-3,5-6,15-17H,4,7-13,20H2,(H,21,24);1H. The van der Waals surface area contributed by atoms with Gasteiger partial charge in [0.25, 0.3) is 0 Å². The third-order valence-electron chi connectivity index (χ3n) is 5.12. The average Bonchev–Trinajstić information content (AvgIpc) is 3.45. The number of benzene rings is 1. The van der Waals surface area contributed by atoms with Crippen LogP contribution in [-0.4, -0.2) is 42.4 Å². The number of nitrogens with zero attached hydrogens (tertiary/aromatic N) is 1. The summed E-state index contributed by atoms with van der Waals surface area (Å²) in [5, 5.41) is 3.11. The molecule has 1 saturated heterocycles. The molecule has 2 fully saturated rings. The summed E-state index contributed by atoms with van der Waals surface area (Å²) in [6.45, 7) is 1.78. The van der Waals surface area contributed by atoms with Crippen molar-refractivity contribution in [1.82, 2.24) is 10.2 Å². The maximum atomic E-state index is 12.5. The molecule has 2 amide bonds. The van der Waals surface area contributed by atoms with Gasteiger partial charge in [0.1, 0.15) is 0 Å². The van der Waals surface area contributed by atoms with Crippen molar-refractivity contribution < 1.29 is 9.59 Å². The lowest BCUT2D eigenvalue weighted by Gasteiger charge is -2.33. The van der Waals surface area contributed by atoms with Crippen molar-refractivity contribution in [3.63, 3.8) is 0 Å². The fourth-order valence-corrected chi connectivity index (χ4v) is 3.47. The highest BCUT2D eigenvalue weighted by Crippen LogP contribution is 2.32. The van der Waals surface area contributed by atoms with E-state index in [1.807, 2.05) is 35.2 Å². The number of piperidine rings is 1. The number of nitrogens with one attached hydrogen (secondary N) is 1. The summed E-state index contributed by atoms with van der Waals surface area (Å²) in [6.07, 6.45) is 4.46. The Hall–Kier alpha value is -1.59. The first-order chi connectivity index (χ1) is 11.7. The molecule has 25 heavy (non-hydrogen) atoms. The molecule has 3 N–H and O–H groups in total. The van der Waals surface area contributed by atoms with E-state index in [1.165, 1.54) is 0 Å². The van der Waals surface area contributed by atoms with Crippen LogP contribution in [-0.2, 0) is 16.0 Å². The molecule has 1 aromatic rings. The minimum atomic E-state index is -0.105. The molecule has 1 aliphatic carbocycles. The van der Waals surface area contributed by atoms with E-state index >= 15 is 0 Å². The third kappa shape index (κ3) is 5.44. The number of carbonyl (C=O) groups excluding carboxylic acids is 2. The molecular weight excluding hydrogens is 338 g/mol. The zero-order chi connectivity index (χ0) is 16.9.